The molecule has 106 valence electrons. The number of carbonyl (C=O) groups excluding carboxylic acids is 2. The second kappa shape index (κ2) is 6.36. The first-order valence-electron chi connectivity index (χ1n) is 7.56. The van der Waals surface area contributed by atoms with E-state index in [9.17, 15) is 9.59 Å². The third-order valence-corrected chi connectivity index (χ3v) is 4.23. The smallest absolute Gasteiger partial charge is 0.319 e. The number of ketones is 1. The Balaban J connectivity index is 1.99. The summed E-state index contributed by atoms with van der Waals surface area (Å²) in [4.78, 5) is 24.5. The van der Waals surface area contributed by atoms with Gasteiger partial charge in [-0.15, -0.1) is 0 Å². The van der Waals surface area contributed by atoms with Gasteiger partial charge in [-0.2, -0.15) is 0 Å². The summed E-state index contributed by atoms with van der Waals surface area (Å²) < 4.78 is 5.16. The molecule has 0 N–H and O–H groups in total. The average Bonchev–Trinajstić information content (AvgIpc) is 3.21. The molecule has 2 aliphatic rings. The quantitative estimate of drug-likeness (QED) is 0.419. The lowest BCUT2D eigenvalue weighted by Crippen LogP contribution is -2.42. The van der Waals surface area contributed by atoms with E-state index in [4.69, 9.17) is 4.74 Å². The Morgan fingerprint density at radius 2 is 2.21 bits per heavy atom. The molecule has 2 saturated carbocycles. The molecule has 0 heterocycles. The van der Waals surface area contributed by atoms with Crippen molar-refractivity contribution in [3.8, 4) is 0 Å². The van der Waals surface area contributed by atoms with Crippen molar-refractivity contribution in [1.29, 1.82) is 0 Å². The molecule has 2 fully saturated rings. The van der Waals surface area contributed by atoms with Gasteiger partial charge in [-0.25, -0.2) is 0 Å². The molecule has 0 aromatic rings. The predicted molar refractivity (Wildman–Crippen MR) is 73.6 cm³/mol. The van der Waals surface area contributed by atoms with Crippen LogP contribution in [0.15, 0.2) is 12.2 Å². The monoisotopic (exact) mass is 264 g/mol. The third-order valence-electron chi connectivity index (χ3n) is 4.23. The van der Waals surface area contributed by atoms with E-state index < -0.39 is 5.41 Å². The summed E-state index contributed by atoms with van der Waals surface area (Å²) in [6, 6.07) is 0. The normalized spacial score (nSPS) is 27.7. The van der Waals surface area contributed by atoms with Gasteiger partial charge in [0, 0.05) is 6.42 Å². The zero-order valence-electron chi connectivity index (χ0n) is 11.8. The Bertz CT molecular complexity index is 368. The van der Waals surface area contributed by atoms with Gasteiger partial charge < -0.3 is 4.74 Å². The van der Waals surface area contributed by atoms with Crippen LogP contribution in [0.5, 0.6) is 0 Å². The van der Waals surface area contributed by atoms with Gasteiger partial charge >= 0.3 is 5.97 Å². The zero-order chi connectivity index (χ0) is 13.7. The lowest BCUT2D eigenvalue weighted by Gasteiger charge is -2.33. The maximum absolute atomic E-state index is 12.2. The van der Waals surface area contributed by atoms with Crippen molar-refractivity contribution in [1.82, 2.24) is 0 Å². The topological polar surface area (TPSA) is 43.4 Å². The molecule has 0 saturated heterocycles. The van der Waals surface area contributed by atoms with Crippen LogP contribution in [0.2, 0.25) is 0 Å². The number of hydrogen-bond donors (Lipinski definition) is 0. The summed E-state index contributed by atoms with van der Waals surface area (Å²) in [7, 11) is 0. The van der Waals surface area contributed by atoms with Gasteiger partial charge in [-0.1, -0.05) is 18.6 Å². The van der Waals surface area contributed by atoms with Crippen molar-refractivity contribution in [3.05, 3.63) is 12.2 Å². The summed E-state index contributed by atoms with van der Waals surface area (Å²) in [6.07, 6.45) is 11.4. The maximum Gasteiger partial charge on any atom is 0.319 e. The summed E-state index contributed by atoms with van der Waals surface area (Å²) in [5, 5.41) is 0. The van der Waals surface area contributed by atoms with Crippen LogP contribution < -0.4 is 0 Å². The van der Waals surface area contributed by atoms with E-state index in [0.29, 0.717) is 25.9 Å². The number of hydrogen-bond acceptors (Lipinski definition) is 3. The van der Waals surface area contributed by atoms with Crippen molar-refractivity contribution in [3.63, 3.8) is 0 Å². The highest BCUT2D eigenvalue weighted by Crippen LogP contribution is 2.39. The van der Waals surface area contributed by atoms with E-state index in [1.165, 1.54) is 12.8 Å². The summed E-state index contributed by atoms with van der Waals surface area (Å²) >= 11 is 0. The fraction of sp³-hybridized carbons (Fsp3) is 0.750. The number of allylic oxidation sites excluding steroid dienone is 2. The van der Waals surface area contributed by atoms with Crippen LogP contribution in [-0.4, -0.2) is 18.4 Å². The van der Waals surface area contributed by atoms with Gasteiger partial charge in [0.05, 0.1) is 6.61 Å². The molecule has 0 aromatic heterocycles. The summed E-state index contributed by atoms with van der Waals surface area (Å²) in [5.74, 6) is 0.553. The van der Waals surface area contributed by atoms with E-state index in [1.54, 1.807) is 6.92 Å². The molecule has 3 heteroatoms. The largest absolute Gasteiger partial charge is 0.465 e. The van der Waals surface area contributed by atoms with Crippen LogP contribution in [-0.2, 0) is 14.3 Å². The molecule has 1 unspecified atom stereocenters. The lowest BCUT2D eigenvalue weighted by molar-refractivity contribution is -0.162. The van der Waals surface area contributed by atoms with Crippen LogP contribution in [0, 0.1) is 11.3 Å². The van der Waals surface area contributed by atoms with Crippen LogP contribution in [0.1, 0.15) is 58.3 Å². The molecule has 19 heavy (non-hydrogen) atoms. The lowest BCUT2D eigenvalue weighted by atomic mass is 9.70. The van der Waals surface area contributed by atoms with Crippen molar-refractivity contribution in [2.24, 2.45) is 11.3 Å². The molecular formula is C16H24O3. The minimum atomic E-state index is -0.845. The van der Waals surface area contributed by atoms with Crippen molar-refractivity contribution in [2.45, 2.75) is 58.3 Å². The van der Waals surface area contributed by atoms with E-state index in [0.717, 1.165) is 25.2 Å². The first-order chi connectivity index (χ1) is 9.19. The second-order valence-electron chi connectivity index (χ2n) is 5.74. The Morgan fingerprint density at radius 3 is 2.84 bits per heavy atom. The molecule has 1 atom stereocenters. The SMILES string of the molecule is CCOC(=O)C1(CC/C=C/C2CC2)CCCCC1=O. The molecule has 0 bridgehead atoms. The van der Waals surface area contributed by atoms with Crippen LogP contribution >= 0.6 is 0 Å². The first kappa shape index (κ1) is 14.3. The van der Waals surface area contributed by atoms with Gasteiger partial charge in [-0.3, -0.25) is 9.59 Å². The fourth-order valence-corrected chi connectivity index (χ4v) is 2.85. The Morgan fingerprint density at radius 1 is 1.42 bits per heavy atom. The predicted octanol–water partition coefficient (Wildman–Crippen LogP) is 3.43. The minimum Gasteiger partial charge on any atom is -0.465 e. The highest BCUT2D eigenvalue weighted by Gasteiger charge is 2.47. The summed E-state index contributed by atoms with van der Waals surface area (Å²) in [6.45, 7) is 2.15. The van der Waals surface area contributed by atoms with Gasteiger partial charge in [0.1, 0.15) is 11.2 Å². The maximum atomic E-state index is 12.2. The fourth-order valence-electron chi connectivity index (χ4n) is 2.85. The molecule has 0 spiro atoms. The molecule has 2 aliphatic carbocycles. The van der Waals surface area contributed by atoms with Crippen molar-refractivity contribution in [2.75, 3.05) is 6.61 Å². The number of carbonyl (C=O) groups is 2. The molecule has 0 aliphatic heterocycles. The molecule has 0 amide bonds. The number of esters is 1. The van der Waals surface area contributed by atoms with Gasteiger partial charge in [0.15, 0.2) is 0 Å². The van der Waals surface area contributed by atoms with Crippen LogP contribution in [0.3, 0.4) is 0 Å². The molecule has 3 nitrogen and oxygen atoms in total. The standard InChI is InChI=1S/C16H24O3/c1-2-19-15(18)16(12-6-4-8-14(16)17)11-5-3-7-13-9-10-13/h3,7,13H,2,4-6,8-12H2,1H3/b7-3+. The van der Waals surface area contributed by atoms with E-state index in [2.05, 4.69) is 12.2 Å². The molecule has 0 radical (unpaired) electrons. The van der Waals surface area contributed by atoms with Crippen molar-refractivity contribution < 1.29 is 14.3 Å². The Hall–Kier alpha value is -1.12. The van der Waals surface area contributed by atoms with Gasteiger partial charge in [0.2, 0.25) is 0 Å². The first-order valence-corrected chi connectivity index (χ1v) is 7.56. The van der Waals surface area contributed by atoms with Gasteiger partial charge in [0.25, 0.3) is 0 Å². The van der Waals surface area contributed by atoms with Crippen molar-refractivity contribution >= 4 is 11.8 Å². The minimum absolute atomic E-state index is 0.0945. The molecule has 0 aromatic carbocycles. The Kier molecular flexibility index (Phi) is 4.78. The van der Waals surface area contributed by atoms with E-state index in [-0.39, 0.29) is 11.8 Å². The highest BCUT2D eigenvalue weighted by atomic mass is 16.5. The van der Waals surface area contributed by atoms with Gasteiger partial charge in [-0.05, 0) is 51.4 Å². The Labute approximate surface area is 115 Å². The molecular weight excluding hydrogens is 240 g/mol. The van der Waals surface area contributed by atoms with E-state index >= 15 is 0 Å². The highest BCUT2D eigenvalue weighted by molar-refractivity contribution is 6.04. The van der Waals surface area contributed by atoms with Crippen LogP contribution in [0.4, 0.5) is 0 Å². The summed E-state index contributed by atoms with van der Waals surface area (Å²) in [5.41, 5.74) is -0.845. The van der Waals surface area contributed by atoms with E-state index in [1.807, 2.05) is 0 Å². The number of ether oxygens (including phenoxy) is 1. The second-order valence-corrected chi connectivity index (χ2v) is 5.74. The van der Waals surface area contributed by atoms with Crippen LogP contribution in [0.25, 0.3) is 0 Å². The zero-order valence-corrected chi connectivity index (χ0v) is 11.8. The number of rotatable bonds is 6. The average molecular weight is 264 g/mol. The molecule has 2 rings (SSSR count). The third kappa shape index (κ3) is 3.46. The number of Topliss-reactive ketones (excluding diaryl/α,β-unsaturated/α-hetero) is 1.